The normalized spacial score (nSPS) is 12.2. The minimum Gasteiger partial charge on any atom is -0.254 e. The van der Waals surface area contributed by atoms with Crippen LogP contribution in [0.25, 0.3) is 48.3 Å². The van der Waals surface area contributed by atoms with Crippen LogP contribution >= 0.6 is 11.3 Å². The van der Waals surface area contributed by atoms with E-state index in [2.05, 4.69) is 125 Å². The van der Waals surface area contributed by atoms with Gasteiger partial charge in [0.15, 0.2) is 5.52 Å². The molecule has 0 amide bonds. The maximum atomic E-state index is 4.97. The fraction of sp³-hybridized carbons (Fsp3) is 0.294. The van der Waals surface area contributed by atoms with Gasteiger partial charge in [-0.3, -0.25) is 4.98 Å². The minimum atomic E-state index is 0.388. The van der Waals surface area contributed by atoms with Crippen LogP contribution in [0.3, 0.4) is 0 Å². The van der Waals surface area contributed by atoms with Gasteiger partial charge in [-0.05, 0) is 44.2 Å². The first-order valence-corrected chi connectivity index (χ1v) is 14.4. The lowest BCUT2D eigenvalue weighted by Gasteiger charge is -2.19. The van der Waals surface area contributed by atoms with E-state index in [1.807, 2.05) is 11.3 Å². The lowest BCUT2D eigenvalue weighted by Crippen LogP contribution is -2.37. The molecule has 0 radical (unpaired) electrons. The van der Waals surface area contributed by atoms with Crippen LogP contribution in [0.1, 0.15) is 67.6 Å². The first kappa shape index (κ1) is 24.8. The number of pyridine rings is 1. The van der Waals surface area contributed by atoms with Gasteiger partial charge >= 0.3 is 0 Å². The van der Waals surface area contributed by atoms with Gasteiger partial charge in [0.1, 0.15) is 5.69 Å². The van der Waals surface area contributed by atoms with Crippen molar-refractivity contribution in [3.05, 3.63) is 88.7 Å². The summed E-state index contributed by atoms with van der Waals surface area (Å²) in [5.74, 6) is 2.00. The van der Waals surface area contributed by atoms with Crippen molar-refractivity contribution < 1.29 is 4.57 Å². The number of imidazole rings is 1. The van der Waals surface area contributed by atoms with Crippen LogP contribution in [-0.4, -0.2) is 9.55 Å². The molecule has 3 nitrogen and oxygen atoms in total. The molecule has 38 heavy (non-hydrogen) atoms. The van der Waals surface area contributed by atoms with Gasteiger partial charge in [0, 0.05) is 38.4 Å². The van der Waals surface area contributed by atoms with Crippen LogP contribution in [0.2, 0.25) is 0 Å². The molecule has 0 aliphatic rings. The highest BCUT2D eigenvalue weighted by molar-refractivity contribution is 7.26. The first-order chi connectivity index (χ1) is 18.2. The molecule has 0 aliphatic carbocycles. The predicted octanol–water partition coefficient (Wildman–Crippen LogP) is 9.06. The lowest BCUT2D eigenvalue weighted by molar-refractivity contribution is -0.557. The van der Waals surface area contributed by atoms with Crippen molar-refractivity contribution in [3.63, 3.8) is 0 Å². The Kier molecular flexibility index (Phi) is 5.92. The fourth-order valence-corrected chi connectivity index (χ4v) is 7.43. The number of thiophene rings is 1. The maximum Gasteiger partial charge on any atom is 0.296 e. The second kappa shape index (κ2) is 9.06. The van der Waals surface area contributed by atoms with Gasteiger partial charge in [-0.25, -0.2) is 4.57 Å². The van der Waals surface area contributed by atoms with E-state index < -0.39 is 0 Å². The summed E-state index contributed by atoms with van der Waals surface area (Å²) in [4.78, 5) is 4.97. The molecule has 3 aromatic heterocycles. The predicted molar refractivity (Wildman–Crippen MR) is 163 cm³/mol. The first-order valence-electron chi connectivity index (χ1n) is 13.6. The van der Waals surface area contributed by atoms with Crippen LogP contribution in [0.4, 0.5) is 0 Å². The summed E-state index contributed by atoms with van der Waals surface area (Å²) in [5.41, 5.74) is 11.2. The summed E-state index contributed by atoms with van der Waals surface area (Å²) in [6.45, 7) is 15.7. The van der Waals surface area contributed by atoms with Gasteiger partial charge in [0.25, 0.3) is 5.82 Å². The highest BCUT2D eigenvalue weighted by Crippen LogP contribution is 2.42. The topological polar surface area (TPSA) is 21.7 Å². The van der Waals surface area contributed by atoms with E-state index in [1.165, 1.54) is 65.0 Å². The van der Waals surface area contributed by atoms with Crippen molar-refractivity contribution in [2.75, 3.05) is 0 Å². The van der Waals surface area contributed by atoms with Gasteiger partial charge in [-0.15, -0.1) is 11.3 Å². The molecule has 4 heteroatoms. The Labute approximate surface area is 229 Å². The number of rotatable bonds is 4. The number of benzene rings is 3. The third-order valence-electron chi connectivity index (χ3n) is 7.93. The van der Waals surface area contributed by atoms with E-state index >= 15 is 0 Å². The van der Waals surface area contributed by atoms with E-state index in [9.17, 15) is 0 Å². The van der Waals surface area contributed by atoms with Crippen LogP contribution in [0, 0.1) is 20.8 Å². The Morgan fingerprint density at radius 1 is 0.816 bits per heavy atom. The van der Waals surface area contributed by atoms with E-state index in [0.29, 0.717) is 11.8 Å². The number of aromatic nitrogens is 3. The quantitative estimate of drug-likeness (QED) is 0.213. The molecule has 0 saturated carbocycles. The molecule has 0 saturated heterocycles. The molecule has 0 aliphatic heterocycles. The van der Waals surface area contributed by atoms with Crippen molar-refractivity contribution in [3.8, 4) is 17.1 Å². The molecule has 192 valence electrons. The summed E-state index contributed by atoms with van der Waals surface area (Å²) in [5, 5.41) is 2.66. The third kappa shape index (κ3) is 3.61. The van der Waals surface area contributed by atoms with Crippen molar-refractivity contribution >= 4 is 42.5 Å². The molecule has 0 N–H and O–H groups in total. The number of hydrogen-bond acceptors (Lipinski definition) is 2. The molecule has 0 spiro atoms. The fourth-order valence-electron chi connectivity index (χ4n) is 6.14. The van der Waals surface area contributed by atoms with Gasteiger partial charge < -0.3 is 0 Å². The van der Waals surface area contributed by atoms with Crippen LogP contribution in [0.5, 0.6) is 0 Å². The van der Waals surface area contributed by atoms with Crippen molar-refractivity contribution in [1.82, 2.24) is 9.55 Å². The summed E-state index contributed by atoms with van der Waals surface area (Å²) in [7, 11) is 2.23. The number of nitrogens with zero attached hydrogens (tertiary/aromatic N) is 3. The summed E-state index contributed by atoms with van der Waals surface area (Å²) >= 11 is 1.91. The summed E-state index contributed by atoms with van der Waals surface area (Å²) in [6.07, 6.45) is 0. The van der Waals surface area contributed by atoms with Crippen LogP contribution in [-0.2, 0) is 7.05 Å². The average Bonchev–Trinajstić information content (AvgIpc) is 3.39. The summed E-state index contributed by atoms with van der Waals surface area (Å²) in [6, 6.07) is 22.5. The molecule has 0 fully saturated rings. The van der Waals surface area contributed by atoms with Gasteiger partial charge in [0.2, 0.25) is 5.52 Å². The monoisotopic (exact) mass is 518 g/mol. The molecule has 3 aromatic carbocycles. The number of fused-ring (bicyclic) bond motifs is 4. The van der Waals surface area contributed by atoms with Gasteiger partial charge in [-0.1, -0.05) is 76.2 Å². The molecule has 6 rings (SSSR count). The zero-order valence-electron chi connectivity index (χ0n) is 23.7. The van der Waals surface area contributed by atoms with Crippen molar-refractivity contribution in [1.29, 1.82) is 0 Å². The smallest absolute Gasteiger partial charge is 0.254 e. The molecule has 0 bridgehead atoms. The molecule has 6 aromatic rings. The highest BCUT2D eigenvalue weighted by atomic mass is 32.1. The average molecular weight is 519 g/mol. The molecule has 0 unspecified atom stereocenters. The van der Waals surface area contributed by atoms with E-state index in [0.717, 1.165) is 11.4 Å². The van der Waals surface area contributed by atoms with Crippen molar-refractivity contribution in [2.24, 2.45) is 7.05 Å². The van der Waals surface area contributed by atoms with Gasteiger partial charge in [0.05, 0.1) is 23.0 Å². The molecular formula is C34H36N3S+. The zero-order chi connectivity index (χ0) is 26.9. The Balaban J connectivity index is 1.88. The number of hydrogen-bond donors (Lipinski definition) is 0. The molecule has 3 heterocycles. The Morgan fingerprint density at radius 3 is 2.18 bits per heavy atom. The van der Waals surface area contributed by atoms with Crippen LogP contribution in [0.15, 0.2) is 60.7 Å². The standard InChI is InChI=1S/C34H36N3S/c1-19(2)24-13-11-14-25(20(3)4)32(24)37-31-23(7)35-22(6)18-28(31)36(8)34(37)30-21(5)16-17-27-26-12-9-10-15-29(26)38-33(27)30/h9-20H,1-8H3/q+1. The second-order valence-electron chi connectivity index (χ2n) is 11.3. The molecule has 0 atom stereocenters. The van der Waals surface area contributed by atoms with E-state index in [4.69, 9.17) is 4.98 Å². The Morgan fingerprint density at radius 2 is 1.50 bits per heavy atom. The number of aryl methyl sites for hydroxylation is 4. The minimum absolute atomic E-state index is 0.388. The van der Waals surface area contributed by atoms with Gasteiger partial charge in [-0.2, -0.15) is 4.57 Å². The second-order valence-corrected chi connectivity index (χ2v) is 12.3. The zero-order valence-corrected chi connectivity index (χ0v) is 24.5. The lowest BCUT2D eigenvalue weighted by atomic mass is 9.92. The third-order valence-corrected chi connectivity index (χ3v) is 9.14. The van der Waals surface area contributed by atoms with Crippen LogP contribution < -0.4 is 4.57 Å². The summed E-state index contributed by atoms with van der Waals surface area (Å²) < 4.78 is 7.64. The van der Waals surface area contributed by atoms with E-state index in [1.54, 1.807) is 0 Å². The van der Waals surface area contributed by atoms with E-state index in [-0.39, 0.29) is 0 Å². The van der Waals surface area contributed by atoms with Crippen molar-refractivity contribution in [2.45, 2.75) is 60.3 Å². The Hall–Kier alpha value is -3.50. The Bertz CT molecular complexity index is 1840. The highest BCUT2D eigenvalue weighted by Gasteiger charge is 2.34. The maximum absolute atomic E-state index is 4.97. The molecular weight excluding hydrogens is 482 g/mol. The largest absolute Gasteiger partial charge is 0.296 e. The SMILES string of the molecule is Cc1cc2c(c(C)n1)[n+](-c1c(C(C)C)cccc1C(C)C)c(-c1c(C)ccc3c1sc1ccccc13)n2C. The number of para-hydroxylation sites is 1.